The Morgan fingerprint density at radius 1 is 0.879 bits per heavy atom. The van der Waals surface area contributed by atoms with E-state index >= 15 is 0 Å². The van der Waals surface area contributed by atoms with E-state index in [1.807, 2.05) is 65.2 Å². The molecule has 2 N–H and O–H groups in total. The topological polar surface area (TPSA) is 78.5 Å². The Balaban J connectivity index is 1.21. The summed E-state index contributed by atoms with van der Waals surface area (Å²) in [5.41, 5.74) is 2.17. The number of amides is 3. The summed E-state index contributed by atoms with van der Waals surface area (Å²) in [6.45, 7) is 1.88. The Kier molecular flexibility index (Phi) is 7.62. The van der Waals surface area contributed by atoms with Crippen molar-refractivity contribution in [3.8, 4) is 0 Å². The van der Waals surface area contributed by atoms with Crippen LogP contribution in [0.2, 0.25) is 0 Å². The highest BCUT2D eigenvalue weighted by Gasteiger charge is 2.17. The Hall–Kier alpha value is -3.32. The smallest absolute Gasteiger partial charge is 0.251 e. The van der Waals surface area contributed by atoms with E-state index < -0.39 is 0 Å². The molecule has 33 heavy (non-hydrogen) atoms. The summed E-state index contributed by atoms with van der Waals surface area (Å²) >= 11 is 1.88. The van der Waals surface area contributed by atoms with Crippen LogP contribution < -0.4 is 10.6 Å². The van der Waals surface area contributed by atoms with Crippen LogP contribution in [0.4, 0.5) is 5.69 Å². The third kappa shape index (κ3) is 6.35. The minimum Gasteiger partial charge on any atom is -0.352 e. The van der Waals surface area contributed by atoms with Crippen LogP contribution in [0.25, 0.3) is 10.8 Å². The zero-order valence-electron chi connectivity index (χ0n) is 18.4. The number of thioether (sulfide) groups is 1. The summed E-state index contributed by atoms with van der Waals surface area (Å²) in [5, 5.41) is 7.71. The van der Waals surface area contributed by atoms with E-state index in [1.54, 1.807) is 18.2 Å². The average Bonchev–Trinajstić information content (AvgIpc) is 2.85. The van der Waals surface area contributed by atoms with Gasteiger partial charge in [-0.1, -0.05) is 42.5 Å². The van der Waals surface area contributed by atoms with Gasteiger partial charge in [-0.25, -0.2) is 0 Å². The summed E-state index contributed by atoms with van der Waals surface area (Å²) < 4.78 is 0. The number of fused-ring (bicyclic) bond motifs is 1. The second-order valence-corrected chi connectivity index (χ2v) is 9.21. The normalized spacial score (nSPS) is 13.5. The van der Waals surface area contributed by atoms with Crippen molar-refractivity contribution < 1.29 is 14.4 Å². The maximum Gasteiger partial charge on any atom is 0.251 e. The van der Waals surface area contributed by atoms with Crippen LogP contribution in [0.1, 0.15) is 22.3 Å². The first-order chi connectivity index (χ1) is 16.1. The molecule has 0 unspecified atom stereocenters. The number of benzene rings is 3. The van der Waals surface area contributed by atoms with Gasteiger partial charge in [-0.3, -0.25) is 14.4 Å². The van der Waals surface area contributed by atoms with Gasteiger partial charge >= 0.3 is 0 Å². The quantitative estimate of drug-likeness (QED) is 0.562. The van der Waals surface area contributed by atoms with Gasteiger partial charge in [0.1, 0.15) is 0 Å². The van der Waals surface area contributed by atoms with Crippen molar-refractivity contribution in [3.05, 3.63) is 77.9 Å². The highest BCUT2D eigenvalue weighted by molar-refractivity contribution is 7.99. The van der Waals surface area contributed by atoms with Crippen molar-refractivity contribution in [1.29, 1.82) is 0 Å². The van der Waals surface area contributed by atoms with Crippen molar-refractivity contribution in [2.45, 2.75) is 12.8 Å². The van der Waals surface area contributed by atoms with E-state index in [9.17, 15) is 14.4 Å². The van der Waals surface area contributed by atoms with Crippen molar-refractivity contribution in [3.63, 3.8) is 0 Å². The fourth-order valence-electron chi connectivity index (χ4n) is 3.75. The van der Waals surface area contributed by atoms with Crippen molar-refractivity contribution in [1.82, 2.24) is 10.2 Å². The van der Waals surface area contributed by atoms with Crippen molar-refractivity contribution in [2.75, 3.05) is 36.5 Å². The van der Waals surface area contributed by atoms with Crippen LogP contribution in [-0.4, -0.2) is 53.8 Å². The summed E-state index contributed by atoms with van der Waals surface area (Å²) in [6.07, 6.45) is 0.548. The van der Waals surface area contributed by atoms with E-state index in [4.69, 9.17) is 0 Å². The molecule has 4 rings (SSSR count). The van der Waals surface area contributed by atoms with Gasteiger partial charge in [-0.15, -0.1) is 0 Å². The number of nitrogens with zero attached hydrogens (tertiary/aromatic N) is 1. The van der Waals surface area contributed by atoms with E-state index in [-0.39, 0.29) is 30.7 Å². The number of anilines is 1. The Morgan fingerprint density at radius 2 is 1.61 bits per heavy atom. The lowest BCUT2D eigenvalue weighted by molar-refractivity contribution is -0.130. The molecule has 3 amide bonds. The molecule has 0 aromatic heterocycles. The van der Waals surface area contributed by atoms with Gasteiger partial charge in [0.15, 0.2) is 0 Å². The van der Waals surface area contributed by atoms with E-state index in [0.29, 0.717) is 17.7 Å². The molecule has 1 saturated heterocycles. The first kappa shape index (κ1) is 22.9. The SMILES string of the molecule is O=C(CCNC(=O)c1ccc2ccccc2c1)Nc1ccc(CC(=O)N2CCSCC2)cc1. The monoisotopic (exact) mass is 461 g/mol. The number of hydrogen-bond acceptors (Lipinski definition) is 4. The molecule has 170 valence electrons. The fraction of sp³-hybridized carbons (Fsp3) is 0.269. The molecule has 0 saturated carbocycles. The molecule has 3 aromatic carbocycles. The number of carbonyl (C=O) groups is 3. The van der Waals surface area contributed by atoms with Crippen LogP contribution in [0.15, 0.2) is 66.7 Å². The fourth-order valence-corrected chi connectivity index (χ4v) is 4.65. The van der Waals surface area contributed by atoms with Gasteiger partial charge in [0.25, 0.3) is 5.91 Å². The molecule has 0 aliphatic carbocycles. The molecule has 6 nitrogen and oxygen atoms in total. The highest BCUT2D eigenvalue weighted by Crippen LogP contribution is 2.16. The van der Waals surface area contributed by atoms with Gasteiger partial charge < -0.3 is 15.5 Å². The van der Waals surface area contributed by atoms with Crippen LogP contribution in [-0.2, 0) is 16.0 Å². The Bertz CT molecular complexity index is 1140. The first-order valence-electron chi connectivity index (χ1n) is 11.1. The lowest BCUT2D eigenvalue weighted by atomic mass is 10.1. The average molecular weight is 462 g/mol. The van der Waals surface area contributed by atoms with E-state index in [1.165, 1.54) is 0 Å². The minimum absolute atomic E-state index is 0.147. The van der Waals surface area contributed by atoms with Crippen LogP contribution >= 0.6 is 11.8 Å². The number of hydrogen-bond donors (Lipinski definition) is 2. The maximum absolute atomic E-state index is 12.4. The lowest BCUT2D eigenvalue weighted by Gasteiger charge is -2.26. The van der Waals surface area contributed by atoms with Gasteiger partial charge in [0.05, 0.1) is 6.42 Å². The Morgan fingerprint density at radius 3 is 2.36 bits per heavy atom. The van der Waals surface area contributed by atoms with E-state index in [0.717, 1.165) is 40.9 Å². The molecule has 7 heteroatoms. The molecule has 1 fully saturated rings. The number of rotatable bonds is 7. The second-order valence-electron chi connectivity index (χ2n) is 7.98. The molecule has 1 aliphatic heterocycles. The molecule has 0 atom stereocenters. The van der Waals surface area contributed by atoms with Crippen LogP contribution in [0.3, 0.4) is 0 Å². The molecule has 0 bridgehead atoms. The molecule has 0 spiro atoms. The maximum atomic E-state index is 12.4. The third-order valence-corrected chi connectivity index (χ3v) is 6.55. The third-order valence-electron chi connectivity index (χ3n) is 5.61. The standard InChI is InChI=1S/C26H27N3O3S/c30-24(11-12-27-26(32)22-8-7-20-3-1-2-4-21(20)18-22)28-23-9-5-19(6-10-23)17-25(31)29-13-15-33-16-14-29/h1-10,18H,11-17H2,(H,27,32)(H,28,30). The van der Waals surface area contributed by atoms with Crippen LogP contribution in [0.5, 0.6) is 0 Å². The van der Waals surface area contributed by atoms with Gasteiger partial charge in [-0.2, -0.15) is 11.8 Å². The van der Waals surface area contributed by atoms with Gasteiger partial charge in [0, 0.05) is 48.8 Å². The Labute approximate surface area is 197 Å². The molecule has 1 aliphatic rings. The first-order valence-corrected chi connectivity index (χ1v) is 12.3. The van der Waals surface area contributed by atoms with Crippen molar-refractivity contribution >= 4 is 45.9 Å². The van der Waals surface area contributed by atoms with Crippen molar-refractivity contribution in [2.24, 2.45) is 0 Å². The molecular weight excluding hydrogens is 434 g/mol. The highest BCUT2D eigenvalue weighted by atomic mass is 32.2. The molecular formula is C26H27N3O3S. The summed E-state index contributed by atoms with van der Waals surface area (Å²) in [5.74, 6) is 1.77. The molecule has 1 heterocycles. The largest absolute Gasteiger partial charge is 0.352 e. The predicted octanol–water partition coefficient (Wildman–Crippen LogP) is 3.72. The summed E-state index contributed by atoms with van der Waals surface area (Å²) in [6, 6.07) is 20.8. The zero-order chi connectivity index (χ0) is 23.0. The zero-order valence-corrected chi connectivity index (χ0v) is 19.2. The molecule has 3 aromatic rings. The minimum atomic E-state index is -0.199. The number of carbonyl (C=O) groups excluding carboxylic acids is 3. The summed E-state index contributed by atoms with van der Waals surface area (Å²) in [4.78, 5) is 38.9. The summed E-state index contributed by atoms with van der Waals surface area (Å²) in [7, 11) is 0. The number of nitrogens with one attached hydrogen (secondary N) is 2. The van der Waals surface area contributed by atoms with Gasteiger partial charge in [0.2, 0.25) is 11.8 Å². The predicted molar refractivity (Wildman–Crippen MR) is 134 cm³/mol. The van der Waals surface area contributed by atoms with Crippen LogP contribution in [0, 0.1) is 0 Å². The lowest BCUT2D eigenvalue weighted by Crippen LogP contribution is -2.38. The van der Waals surface area contributed by atoms with E-state index in [2.05, 4.69) is 10.6 Å². The second kappa shape index (κ2) is 11.0. The molecule has 0 radical (unpaired) electrons. The van der Waals surface area contributed by atoms with Gasteiger partial charge in [-0.05, 0) is 40.6 Å².